The van der Waals surface area contributed by atoms with Crippen LogP contribution in [0.1, 0.15) is 11.1 Å². The molecule has 0 amide bonds. The Labute approximate surface area is 270 Å². The maximum Gasteiger partial charge on any atom is 0.161 e. The first kappa shape index (κ1) is 31.3. The van der Waals surface area contributed by atoms with Crippen LogP contribution in [0.2, 0.25) is 0 Å². The topological polar surface area (TPSA) is 105 Å². The molecule has 6 aromatic rings. The number of nitrogens with zero attached hydrogens (tertiary/aromatic N) is 3. The fourth-order valence-electron chi connectivity index (χ4n) is 4.81. The highest BCUT2D eigenvalue weighted by Crippen LogP contribution is 2.38. The summed E-state index contributed by atoms with van der Waals surface area (Å²) in [5.74, 6) is 2.82. The van der Waals surface area contributed by atoms with E-state index in [1.54, 1.807) is 58.2 Å². The van der Waals surface area contributed by atoms with E-state index in [1.807, 2.05) is 78.5 Å². The van der Waals surface area contributed by atoms with Gasteiger partial charge in [-0.05, 0) is 72.8 Å². The minimum absolute atomic E-state index is 0.657. The Balaban J connectivity index is 0.000000178. The highest BCUT2D eigenvalue weighted by molar-refractivity contribution is 7.99. The lowest BCUT2D eigenvalue weighted by molar-refractivity contribution is 0.354. The van der Waals surface area contributed by atoms with Crippen molar-refractivity contribution in [2.24, 2.45) is 7.05 Å². The highest BCUT2D eigenvalue weighted by Gasteiger charge is 2.11. The van der Waals surface area contributed by atoms with Crippen LogP contribution in [0.15, 0.2) is 105 Å². The van der Waals surface area contributed by atoms with E-state index in [1.165, 1.54) is 0 Å². The van der Waals surface area contributed by atoms with E-state index in [-0.39, 0.29) is 0 Å². The summed E-state index contributed by atoms with van der Waals surface area (Å²) in [5.41, 5.74) is 3.37. The van der Waals surface area contributed by atoms with Gasteiger partial charge in [-0.2, -0.15) is 10.5 Å². The Kier molecular flexibility index (Phi) is 9.79. The van der Waals surface area contributed by atoms with Gasteiger partial charge in [-0.1, -0.05) is 23.5 Å². The molecule has 0 aliphatic heterocycles. The SMILES string of the molecule is COc1ccc(Sc2ccc3[nH]cc(C#N)c3c2)cc1OC.COc1ccc(Sc2ccc3c(c2)c(C#N)cn3C)cc1OC. The number of fused-ring (bicyclic) bond motifs is 2. The van der Waals surface area contributed by atoms with Crippen molar-refractivity contribution in [2.45, 2.75) is 19.6 Å². The molecule has 0 unspecified atom stereocenters. The minimum Gasteiger partial charge on any atom is -0.493 e. The standard InChI is InChI=1S/C18H16N2O2S.C17H14N2O2S/c1-20-11-12(10-19)15-8-13(4-6-16(15)20)23-14-5-7-17(21-2)18(9-14)22-3;1-20-16-6-4-13(8-17(16)21-2)22-12-3-5-15-14(7-12)11(9-18)10-19-15/h4-9,11H,1-3H3;3-8,10,19H,1-2H3. The number of aryl methyl sites for hydroxylation is 1. The van der Waals surface area contributed by atoms with Gasteiger partial charge in [0.2, 0.25) is 0 Å². The second-order valence-corrected chi connectivity index (χ2v) is 12.0. The first-order valence-electron chi connectivity index (χ1n) is 13.7. The molecule has 226 valence electrons. The third kappa shape index (κ3) is 6.83. The lowest BCUT2D eigenvalue weighted by atomic mass is 10.2. The van der Waals surface area contributed by atoms with Crippen LogP contribution in [0.4, 0.5) is 0 Å². The van der Waals surface area contributed by atoms with Crippen molar-refractivity contribution in [3.63, 3.8) is 0 Å². The van der Waals surface area contributed by atoms with Crippen molar-refractivity contribution < 1.29 is 18.9 Å². The molecule has 0 atom stereocenters. The van der Waals surface area contributed by atoms with Crippen LogP contribution < -0.4 is 18.9 Å². The summed E-state index contributed by atoms with van der Waals surface area (Å²) in [6.45, 7) is 0. The summed E-state index contributed by atoms with van der Waals surface area (Å²) in [6.07, 6.45) is 3.59. The van der Waals surface area contributed by atoms with Crippen LogP contribution in [-0.2, 0) is 7.05 Å². The van der Waals surface area contributed by atoms with Gasteiger partial charge in [0.25, 0.3) is 0 Å². The summed E-state index contributed by atoms with van der Waals surface area (Å²) < 4.78 is 23.1. The normalized spacial score (nSPS) is 10.5. The summed E-state index contributed by atoms with van der Waals surface area (Å²) in [5, 5.41) is 20.3. The Morgan fingerprint density at radius 1 is 0.600 bits per heavy atom. The molecule has 6 rings (SSSR count). The maximum absolute atomic E-state index is 9.25. The van der Waals surface area contributed by atoms with Crippen molar-refractivity contribution in [3.8, 4) is 35.1 Å². The largest absolute Gasteiger partial charge is 0.493 e. The zero-order valence-electron chi connectivity index (χ0n) is 25.4. The molecule has 0 bridgehead atoms. The van der Waals surface area contributed by atoms with Crippen molar-refractivity contribution in [1.29, 1.82) is 10.5 Å². The van der Waals surface area contributed by atoms with Gasteiger partial charge in [0, 0.05) is 60.8 Å². The van der Waals surface area contributed by atoms with Gasteiger partial charge in [-0.3, -0.25) is 0 Å². The summed E-state index contributed by atoms with van der Waals surface area (Å²) in [6, 6.07) is 28.3. The van der Waals surface area contributed by atoms with Gasteiger partial charge in [0.1, 0.15) is 12.1 Å². The number of nitriles is 2. The van der Waals surface area contributed by atoms with Crippen molar-refractivity contribution in [2.75, 3.05) is 28.4 Å². The number of hydrogen-bond acceptors (Lipinski definition) is 8. The van der Waals surface area contributed by atoms with Crippen molar-refractivity contribution >= 4 is 45.3 Å². The number of ether oxygens (including phenoxy) is 4. The minimum atomic E-state index is 0.657. The van der Waals surface area contributed by atoms with E-state index in [2.05, 4.69) is 29.3 Å². The maximum atomic E-state index is 9.25. The van der Waals surface area contributed by atoms with Crippen LogP contribution in [-0.4, -0.2) is 38.0 Å². The number of rotatable bonds is 8. The summed E-state index contributed by atoms with van der Waals surface area (Å²) in [7, 11) is 8.44. The van der Waals surface area contributed by atoms with E-state index >= 15 is 0 Å². The first-order valence-corrected chi connectivity index (χ1v) is 15.3. The fourth-order valence-corrected chi connectivity index (χ4v) is 6.59. The number of methoxy groups -OCH3 is 4. The lowest BCUT2D eigenvalue weighted by Crippen LogP contribution is -1.90. The number of hydrogen-bond donors (Lipinski definition) is 1. The predicted molar refractivity (Wildman–Crippen MR) is 178 cm³/mol. The number of aromatic amines is 1. The van der Waals surface area contributed by atoms with Gasteiger partial charge < -0.3 is 28.5 Å². The van der Waals surface area contributed by atoms with Crippen LogP contribution in [0.5, 0.6) is 23.0 Å². The molecule has 10 heteroatoms. The van der Waals surface area contributed by atoms with Gasteiger partial charge in [-0.25, -0.2) is 0 Å². The Morgan fingerprint density at radius 2 is 1.09 bits per heavy atom. The molecular weight excluding hydrogens is 605 g/mol. The molecule has 0 saturated carbocycles. The summed E-state index contributed by atoms with van der Waals surface area (Å²) in [4.78, 5) is 7.34. The lowest BCUT2D eigenvalue weighted by Gasteiger charge is -2.09. The number of nitrogens with one attached hydrogen (secondary N) is 1. The molecule has 0 aliphatic carbocycles. The van der Waals surface area contributed by atoms with Crippen LogP contribution in [0.3, 0.4) is 0 Å². The third-order valence-corrected chi connectivity index (χ3v) is 9.00. The monoisotopic (exact) mass is 634 g/mol. The smallest absolute Gasteiger partial charge is 0.161 e. The first-order chi connectivity index (χ1) is 21.9. The highest BCUT2D eigenvalue weighted by atomic mass is 32.2. The molecule has 2 aromatic heterocycles. The number of benzene rings is 4. The summed E-state index contributed by atoms with van der Waals surface area (Å²) >= 11 is 3.24. The van der Waals surface area contributed by atoms with Gasteiger partial charge in [0.15, 0.2) is 23.0 Å². The molecule has 0 radical (unpaired) electrons. The molecule has 4 aromatic carbocycles. The van der Waals surface area contributed by atoms with Crippen molar-refractivity contribution in [1.82, 2.24) is 9.55 Å². The molecule has 2 heterocycles. The van der Waals surface area contributed by atoms with Crippen LogP contribution in [0, 0.1) is 22.7 Å². The zero-order chi connectivity index (χ0) is 31.9. The Hall–Kier alpha value is -5.16. The number of aromatic nitrogens is 2. The van der Waals surface area contributed by atoms with Crippen LogP contribution in [0.25, 0.3) is 21.8 Å². The average Bonchev–Trinajstić information content (AvgIpc) is 3.64. The molecule has 0 fully saturated rings. The van der Waals surface area contributed by atoms with E-state index in [0.29, 0.717) is 34.1 Å². The molecule has 1 N–H and O–H groups in total. The third-order valence-electron chi connectivity index (χ3n) is 7.04. The molecule has 0 aliphatic rings. The van der Waals surface area contributed by atoms with E-state index in [0.717, 1.165) is 41.4 Å². The Bertz CT molecular complexity index is 2070. The van der Waals surface area contributed by atoms with Crippen molar-refractivity contribution in [3.05, 3.63) is 96.3 Å². The second kappa shape index (κ2) is 14.1. The zero-order valence-corrected chi connectivity index (χ0v) is 27.0. The fraction of sp³-hybridized carbons (Fsp3) is 0.143. The van der Waals surface area contributed by atoms with Gasteiger partial charge in [-0.15, -0.1) is 0 Å². The van der Waals surface area contributed by atoms with Crippen LogP contribution >= 0.6 is 23.5 Å². The molecule has 0 saturated heterocycles. The van der Waals surface area contributed by atoms with E-state index in [9.17, 15) is 5.26 Å². The van der Waals surface area contributed by atoms with E-state index < -0.39 is 0 Å². The van der Waals surface area contributed by atoms with E-state index in [4.69, 9.17) is 24.2 Å². The van der Waals surface area contributed by atoms with Gasteiger partial charge in [0.05, 0.1) is 39.6 Å². The molecular formula is C35H30N4O4S2. The Morgan fingerprint density at radius 3 is 1.62 bits per heavy atom. The average molecular weight is 635 g/mol. The second-order valence-electron chi connectivity index (χ2n) is 9.70. The molecule has 0 spiro atoms. The quantitative estimate of drug-likeness (QED) is 0.178. The number of H-pyrrole nitrogens is 1. The molecule has 8 nitrogen and oxygen atoms in total. The molecule has 45 heavy (non-hydrogen) atoms. The predicted octanol–water partition coefficient (Wildman–Crippen LogP) is 8.43. The van der Waals surface area contributed by atoms with Gasteiger partial charge >= 0.3 is 0 Å².